The molecule has 0 saturated heterocycles. The van der Waals surface area contributed by atoms with Crippen molar-refractivity contribution in [1.29, 1.82) is 0 Å². The van der Waals surface area contributed by atoms with Crippen molar-refractivity contribution in [3.8, 4) is 0 Å². The van der Waals surface area contributed by atoms with Crippen LogP contribution in [-0.2, 0) is 6.54 Å². The maximum Gasteiger partial charge on any atom is 0.275 e. The summed E-state index contributed by atoms with van der Waals surface area (Å²) in [6, 6.07) is 0.164. The van der Waals surface area contributed by atoms with Gasteiger partial charge in [-0.2, -0.15) is 0 Å². The van der Waals surface area contributed by atoms with Crippen molar-refractivity contribution in [3.05, 3.63) is 22.7 Å². The first-order chi connectivity index (χ1) is 6.59. The molecule has 1 amide bonds. The number of amides is 1. The predicted octanol–water partition coefficient (Wildman–Crippen LogP) is 1.49. The first-order valence-electron chi connectivity index (χ1n) is 4.42. The van der Waals surface area contributed by atoms with Crippen LogP contribution < -0.4 is 0 Å². The van der Waals surface area contributed by atoms with Gasteiger partial charge in [-0.05, 0) is 13.8 Å². The smallest absolute Gasteiger partial charge is 0.275 e. The van der Waals surface area contributed by atoms with Gasteiger partial charge in [-0.15, -0.1) is 0 Å². The Bertz CT molecular complexity index is 392. The highest BCUT2D eigenvalue weighted by Gasteiger charge is 2.31. The average Bonchev–Trinajstić information content (AvgIpc) is 2.44. The van der Waals surface area contributed by atoms with Gasteiger partial charge in [0.1, 0.15) is 5.15 Å². The number of rotatable bonds is 1. The summed E-state index contributed by atoms with van der Waals surface area (Å²) in [5.41, 5.74) is 1.11. The van der Waals surface area contributed by atoms with Crippen molar-refractivity contribution in [2.24, 2.45) is 0 Å². The Morgan fingerprint density at radius 2 is 2.29 bits per heavy atom. The van der Waals surface area contributed by atoms with Crippen LogP contribution in [0.4, 0.5) is 0 Å². The molecular formula is C9H10ClN3O. The Morgan fingerprint density at radius 3 is 2.93 bits per heavy atom. The molecule has 2 rings (SSSR count). The standard InChI is InChI=1S/C9H10ClN3O/c1-5(2)13-4-6-8(9(13)14)12-7(10)3-11-6/h3,5H,4H2,1-2H3. The summed E-state index contributed by atoms with van der Waals surface area (Å²) in [6.45, 7) is 4.47. The lowest BCUT2D eigenvalue weighted by molar-refractivity contribution is 0.0726. The highest BCUT2D eigenvalue weighted by Crippen LogP contribution is 2.22. The second-order valence-electron chi connectivity index (χ2n) is 3.51. The van der Waals surface area contributed by atoms with Gasteiger partial charge in [0.2, 0.25) is 0 Å². The summed E-state index contributed by atoms with van der Waals surface area (Å²) < 4.78 is 0. The number of fused-ring (bicyclic) bond motifs is 1. The Kier molecular flexibility index (Phi) is 2.15. The number of carbonyl (C=O) groups excluding carboxylic acids is 1. The van der Waals surface area contributed by atoms with Crippen LogP contribution in [0, 0.1) is 0 Å². The van der Waals surface area contributed by atoms with Crippen LogP contribution in [0.3, 0.4) is 0 Å². The molecule has 1 aromatic heterocycles. The minimum atomic E-state index is -0.0787. The Labute approximate surface area is 86.9 Å². The molecule has 0 atom stereocenters. The van der Waals surface area contributed by atoms with E-state index >= 15 is 0 Å². The van der Waals surface area contributed by atoms with E-state index in [1.165, 1.54) is 6.20 Å². The van der Waals surface area contributed by atoms with Gasteiger partial charge < -0.3 is 4.90 Å². The lowest BCUT2D eigenvalue weighted by atomic mass is 10.3. The zero-order valence-electron chi connectivity index (χ0n) is 7.99. The van der Waals surface area contributed by atoms with Gasteiger partial charge in [-0.1, -0.05) is 11.6 Å². The number of hydrogen-bond donors (Lipinski definition) is 0. The van der Waals surface area contributed by atoms with Crippen LogP contribution in [0.15, 0.2) is 6.20 Å². The lowest BCUT2D eigenvalue weighted by Gasteiger charge is -2.18. The number of carbonyl (C=O) groups is 1. The molecule has 0 N–H and O–H groups in total. The molecule has 0 radical (unpaired) electrons. The predicted molar refractivity (Wildman–Crippen MR) is 52.1 cm³/mol. The second-order valence-corrected chi connectivity index (χ2v) is 3.90. The van der Waals surface area contributed by atoms with E-state index < -0.39 is 0 Å². The summed E-state index contributed by atoms with van der Waals surface area (Å²) in [5, 5.41) is 0.266. The average molecular weight is 212 g/mol. The van der Waals surface area contributed by atoms with Gasteiger partial charge in [0.15, 0.2) is 5.69 Å². The summed E-state index contributed by atoms with van der Waals surface area (Å²) in [5.74, 6) is -0.0787. The van der Waals surface area contributed by atoms with E-state index in [4.69, 9.17) is 11.6 Å². The topological polar surface area (TPSA) is 46.1 Å². The molecule has 1 aliphatic rings. The Morgan fingerprint density at radius 1 is 1.57 bits per heavy atom. The fourth-order valence-electron chi connectivity index (χ4n) is 1.47. The van der Waals surface area contributed by atoms with Crippen LogP contribution >= 0.6 is 11.6 Å². The second kappa shape index (κ2) is 3.20. The highest BCUT2D eigenvalue weighted by atomic mass is 35.5. The molecule has 14 heavy (non-hydrogen) atoms. The minimum Gasteiger partial charge on any atom is -0.329 e. The molecule has 0 aliphatic carbocycles. The fraction of sp³-hybridized carbons (Fsp3) is 0.444. The zero-order chi connectivity index (χ0) is 10.3. The SMILES string of the molecule is CC(C)N1Cc2ncc(Cl)nc2C1=O. The van der Waals surface area contributed by atoms with Crippen molar-refractivity contribution in [2.75, 3.05) is 0 Å². The number of aromatic nitrogens is 2. The lowest BCUT2D eigenvalue weighted by Crippen LogP contribution is -2.31. The van der Waals surface area contributed by atoms with Gasteiger partial charge >= 0.3 is 0 Å². The molecule has 0 aromatic carbocycles. The van der Waals surface area contributed by atoms with Gasteiger partial charge in [-0.3, -0.25) is 9.78 Å². The van der Waals surface area contributed by atoms with Crippen molar-refractivity contribution >= 4 is 17.5 Å². The van der Waals surface area contributed by atoms with Crippen molar-refractivity contribution in [3.63, 3.8) is 0 Å². The molecule has 74 valence electrons. The Hall–Kier alpha value is -1.16. The molecule has 0 unspecified atom stereocenters. The van der Waals surface area contributed by atoms with Gasteiger partial charge in [0, 0.05) is 6.04 Å². The van der Waals surface area contributed by atoms with Crippen LogP contribution in [0.25, 0.3) is 0 Å². The number of hydrogen-bond acceptors (Lipinski definition) is 3. The van der Waals surface area contributed by atoms with E-state index in [1.54, 1.807) is 4.90 Å². The minimum absolute atomic E-state index is 0.0787. The number of halogens is 1. The van der Waals surface area contributed by atoms with E-state index in [1.807, 2.05) is 13.8 Å². The van der Waals surface area contributed by atoms with Gasteiger partial charge in [0.05, 0.1) is 18.4 Å². The third kappa shape index (κ3) is 1.35. The molecule has 2 heterocycles. The quantitative estimate of drug-likeness (QED) is 0.707. The van der Waals surface area contributed by atoms with Crippen LogP contribution in [0.5, 0.6) is 0 Å². The summed E-state index contributed by atoms with van der Waals surface area (Å²) in [6.07, 6.45) is 1.47. The maximum atomic E-state index is 11.8. The van der Waals surface area contributed by atoms with Crippen molar-refractivity contribution in [1.82, 2.24) is 14.9 Å². The third-order valence-corrected chi connectivity index (χ3v) is 2.41. The van der Waals surface area contributed by atoms with E-state index in [0.29, 0.717) is 17.9 Å². The summed E-state index contributed by atoms with van der Waals surface area (Å²) >= 11 is 5.67. The molecule has 5 heteroatoms. The molecule has 0 saturated carbocycles. The molecule has 1 aliphatic heterocycles. The van der Waals surface area contributed by atoms with Crippen LogP contribution in [0.2, 0.25) is 5.15 Å². The van der Waals surface area contributed by atoms with Gasteiger partial charge in [0.25, 0.3) is 5.91 Å². The van der Waals surface area contributed by atoms with Crippen LogP contribution in [-0.4, -0.2) is 26.8 Å². The summed E-state index contributed by atoms with van der Waals surface area (Å²) in [4.78, 5) is 21.5. The monoisotopic (exact) mass is 211 g/mol. The van der Waals surface area contributed by atoms with E-state index in [2.05, 4.69) is 9.97 Å². The zero-order valence-corrected chi connectivity index (χ0v) is 8.75. The summed E-state index contributed by atoms with van der Waals surface area (Å²) in [7, 11) is 0. The fourth-order valence-corrected chi connectivity index (χ4v) is 1.60. The van der Waals surface area contributed by atoms with E-state index in [-0.39, 0.29) is 17.1 Å². The Balaban J connectivity index is 2.41. The van der Waals surface area contributed by atoms with E-state index in [0.717, 1.165) is 0 Å². The molecule has 1 aromatic rings. The molecule has 4 nitrogen and oxygen atoms in total. The normalized spacial score (nSPS) is 15.1. The first-order valence-corrected chi connectivity index (χ1v) is 4.80. The van der Waals surface area contributed by atoms with Crippen molar-refractivity contribution in [2.45, 2.75) is 26.4 Å². The maximum absolute atomic E-state index is 11.8. The first kappa shape index (κ1) is 9.40. The largest absolute Gasteiger partial charge is 0.329 e. The van der Waals surface area contributed by atoms with E-state index in [9.17, 15) is 4.79 Å². The third-order valence-electron chi connectivity index (χ3n) is 2.23. The molecule has 0 fully saturated rings. The van der Waals surface area contributed by atoms with Crippen molar-refractivity contribution < 1.29 is 4.79 Å². The number of nitrogens with zero attached hydrogens (tertiary/aromatic N) is 3. The van der Waals surface area contributed by atoms with Crippen LogP contribution in [0.1, 0.15) is 30.0 Å². The van der Waals surface area contributed by atoms with Gasteiger partial charge in [-0.25, -0.2) is 4.98 Å². The highest BCUT2D eigenvalue weighted by molar-refractivity contribution is 6.29. The molecule has 0 spiro atoms. The molecular weight excluding hydrogens is 202 g/mol. The molecule has 0 bridgehead atoms.